The minimum atomic E-state index is 1.09. The quantitative estimate of drug-likeness (QED) is 0.155. The molecular weight excluding hydrogens is 639 g/mol. The lowest BCUT2D eigenvalue weighted by Gasteiger charge is -2.28. The molecule has 0 amide bonds. The molecule has 0 N–H and O–H groups in total. The standard InChI is InChI=1S/C52H37N/c1-3-15-38(16-4-1)42-21-11-22-43(35-42)40-31-33-47(34-32-40)53(48-26-13-25-46(37-48)50-29-14-20-41-19-7-8-27-49(41)50)52-30-10-9-28-51(52)45-24-12-23-44(36-45)39-17-5-2-6-18-39/h1-37H. The lowest BCUT2D eigenvalue weighted by Crippen LogP contribution is -2.11. The van der Waals surface area contributed by atoms with Gasteiger partial charge in [0.25, 0.3) is 0 Å². The zero-order valence-electron chi connectivity index (χ0n) is 29.3. The Morgan fingerprint density at radius 3 is 1.40 bits per heavy atom. The highest BCUT2D eigenvalue weighted by Gasteiger charge is 2.19. The minimum absolute atomic E-state index is 1.09. The van der Waals surface area contributed by atoms with Crippen molar-refractivity contribution in [3.05, 3.63) is 224 Å². The highest BCUT2D eigenvalue weighted by atomic mass is 15.1. The molecule has 0 aliphatic rings. The highest BCUT2D eigenvalue weighted by Crippen LogP contribution is 2.43. The van der Waals surface area contributed by atoms with Gasteiger partial charge in [0.1, 0.15) is 0 Å². The van der Waals surface area contributed by atoms with E-state index in [0.29, 0.717) is 0 Å². The Bertz CT molecular complexity index is 2650. The van der Waals surface area contributed by atoms with Crippen molar-refractivity contribution in [3.8, 4) is 55.6 Å². The van der Waals surface area contributed by atoms with Gasteiger partial charge in [-0.3, -0.25) is 0 Å². The molecule has 0 aromatic heterocycles. The molecule has 0 fully saturated rings. The summed E-state index contributed by atoms with van der Waals surface area (Å²) in [5.74, 6) is 0. The summed E-state index contributed by atoms with van der Waals surface area (Å²) < 4.78 is 0. The largest absolute Gasteiger partial charge is 0.310 e. The smallest absolute Gasteiger partial charge is 0.0540 e. The third-order valence-electron chi connectivity index (χ3n) is 10.1. The van der Waals surface area contributed by atoms with Crippen LogP contribution in [0.5, 0.6) is 0 Å². The van der Waals surface area contributed by atoms with Gasteiger partial charge in [0.15, 0.2) is 0 Å². The van der Waals surface area contributed by atoms with Crippen molar-refractivity contribution in [3.63, 3.8) is 0 Å². The fourth-order valence-corrected chi connectivity index (χ4v) is 7.44. The summed E-state index contributed by atoms with van der Waals surface area (Å²) in [7, 11) is 0. The summed E-state index contributed by atoms with van der Waals surface area (Å²) in [5, 5.41) is 2.49. The van der Waals surface area contributed by atoms with E-state index in [2.05, 4.69) is 229 Å². The maximum absolute atomic E-state index is 2.41. The van der Waals surface area contributed by atoms with Crippen molar-refractivity contribution in [1.82, 2.24) is 0 Å². The number of hydrogen-bond donors (Lipinski definition) is 0. The third-order valence-corrected chi connectivity index (χ3v) is 10.1. The summed E-state index contributed by atoms with van der Waals surface area (Å²) in [6, 6.07) is 80.8. The van der Waals surface area contributed by atoms with Crippen LogP contribution < -0.4 is 4.90 Å². The van der Waals surface area contributed by atoms with Gasteiger partial charge in [0.05, 0.1) is 5.69 Å². The predicted molar refractivity (Wildman–Crippen MR) is 226 cm³/mol. The molecule has 0 unspecified atom stereocenters. The van der Waals surface area contributed by atoms with Crippen LogP contribution in [-0.4, -0.2) is 0 Å². The van der Waals surface area contributed by atoms with Gasteiger partial charge in [0.2, 0.25) is 0 Å². The van der Waals surface area contributed by atoms with Crippen LogP contribution in [0.4, 0.5) is 17.1 Å². The number of hydrogen-bond acceptors (Lipinski definition) is 1. The summed E-state index contributed by atoms with van der Waals surface area (Å²) >= 11 is 0. The second-order valence-corrected chi connectivity index (χ2v) is 13.4. The third kappa shape index (κ3) is 6.53. The molecular formula is C52H37N. The molecule has 1 heteroatoms. The Morgan fingerprint density at radius 1 is 0.245 bits per heavy atom. The zero-order chi connectivity index (χ0) is 35.4. The van der Waals surface area contributed by atoms with Gasteiger partial charge in [-0.1, -0.05) is 182 Å². The Kier molecular flexibility index (Phi) is 8.66. The molecule has 9 rings (SSSR count). The molecule has 0 saturated heterocycles. The van der Waals surface area contributed by atoms with E-state index in [4.69, 9.17) is 0 Å². The lowest BCUT2D eigenvalue weighted by molar-refractivity contribution is 1.28. The predicted octanol–water partition coefficient (Wildman–Crippen LogP) is 14.6. The molecule has 0 bridgehead atoms. The van der Waals surface area contributed by atoms with E-state index in [0.717, 1.165) is 17.1 Å². The van der Waals surface area contributed by atoms with Gasteiger partial charge < -0.3 is 4.90 Å². The van der Waals surface area contributed by atoms with Crippen LogP contribution in [0.1, 0.15) is 0 Å². The van der Waals surface area contributed by atoms with E-state index in [1.807, 2.05) is 0 Å². The first-order chi connectivity index (χ1) is 26.3. The topological polar surface area (TPSA) is 3.24 Å². The van der Waals surface area contributed by atoms with Crippen LogP contribution in [0.3, 0.4) is 0 Å². The molecule has 0 aliphatic carbocycles. The molecule has 9 aromatic rings. The highest BCUT2D eigenvalue weighted by molar-refractivity contribution is 5.98. The van der Waals surface area contributed by atoms with E-state index in [1.165, 1.54) is 66.4 Å². The Morgan fingerprint density at radius 2 is 0.698 bits per heavy atom. The lowest BCUT2D eigenvalue weighted by atomic mass is 9.96. The summed E-state index contributed by atoms with van der Waals surface area (Å²) in [5.41, 5.74) is 15.3. The second-order valence-electron chi connectivity index (χ2n) is 13.4. The fraction of sp³-hybridized carbons (Fsp3) is 0. The van der Waals surface area contributed by atoms with Crippen LogP contribution in [0, 0.1) is 0 Å². The number of nitrogens with zero attached hydrogens (tertiary/aromatic N) is 1. The molecule has 0 aliphatic heterocycles. The molecule has 9 aromatic carbocycles. The first-order valence-electron chi connectivity index (χ1n) is 18.2. The minimum Gasteiger partial charge on any atom is -0.310 e. The summed E-state index contributed by atoms with van der Waals surface area (Å²) in [6.07, 6.45) is 0. The molecule has 0 heterocycles. The van der Waals surface area contributed by atoms with Gasteiger partial charge in [-0.2, -0.15) is 0 Å². The number of benzene rings is 9. The maximum Gasteiger partial charge on any atom is 0.0540 e. The number of para-hydroxylation sites is 1. The van der Waals surface area contributed by atoms with Gasteiger partial charge in [-0.05, 0) is 103 Å². The molecule has 53 heavy (non-hydrogen) atoms. The van der Waals surface area contributed by atoms with E-state index in [1.54, 1.807) is 0 Å². The van der Waals surface area contributed by atoms with Crippen LogP contribution in [-0.2, 0) is 0 Å². The number of anilines is 3. The first-order valence-corrected chi connectivity index (χ1v) is 18.2. The zero-order valence-corrected chi connectivity index (χ0v) is 29.3. The monoisotopic (exact) mass is 675 g/mol. The molecule has 0 spiro atoms. The van der Waals surface area contributed by atoms with Crippen LogP contribution in [0.15, 0.2) is 224 Å². The van der Waals surface area contributed by atoms with E-state index in [-0.39, 0.29) is 0 Å². The van der Waals surface area contributed by atoms with Crippen molar-refractivity contribution >= 4 is 27.8 Å². The average molecular weight is 676 g/mol. The maximum atomic E-state index is 2.41. The van der Waals surface area contributed by atoms with Gasteiger partial charge in [-0.25, -0.2) is 0 Å². The molecule has 0 atom stereocenters. The van der Waals surface area contributed by atoms with Crippen molar-refractivity contribution in [1.29, 1.82) is 0 Å². The van der Waals surface area contributed by atoms with Crippen molar-refractivity contribution in [2.75, 3.05) is 4.90 Å². The number of rotatable bonds is 8. The second kappa shape index (κ2) is 14.3. The Balaban J connectivity index is 1.18. The van der Waals surface area contributed by atoms with Gasteiger partial charge in [-0.15, -0.1) is 0 Å². The van der Waals surface area contributed by atoms with Crippen molar-refractivity contribution in [2.24, 2.45) is 0 Å². The number of fused-ring (bicyclic) bond motifs is 1. The Labute approximate surface area is 311 Å². The molecule has 1 nitrogen and oxygen atoms in total. The van der Waals surface area contributed by atoms with Gasteiger partial charge >= 0.3 is 0 Å². The first kappa shape index (κ1) is 32.0. The average Bonchev–Trinajstić information content (AvgIpc) is 3.25. The van der Waals surface area contributed by atoms with E-state index in [9.17, 15) is 0 Å². The fourth-order valence-electron chi connectivity index (χ4n) is 7.44. The SMILES string of the molecule is c1ccc(-c2cccc(-c3ccc(N(c4cccc(-c5cccc6ccccc56)c4)c4ccccc4-c4cccc(-c5ccccc5)c4)cc3)c2)cc1. The van der Waals surface area contributed by atoms with E-state index < -0.39 is 0 Å². The summed E-state index contributed by atoms with van der Waals surface area (Å²) in [4.78, 5) is 2.41. The van der Waals surface area contributed by atoms with Crippen molar-refractivity contribution in [2.45, 2.75) is 0 Å². The Hall–Kier alpha value is -6.96. The van der Waals surface area contributed by atoms with Crippen LogP contribution >= 0.6 is 0 Å². The molecule has 250 valence electrons. The molecule has 0 radical (unpaired) electrons. The molecule has 0 saturated carbocycles. The summed E-state index contributed by atoms with van der Waals surface area (Å²) in [6.45, 7) is 0. The van der Waals surface area contributed by atoms with Crippen molar-refractivity contribution < 1.29 is 0 Å². The van der Waals surface area contributed by atoms with Gasteiger partial charge in [0, 0.05) is 16.9 Å². The van der Waals surface area contributed by atoms with Crippen LogP contribution in [0.25, 0.3) is 66.4 Å². The normalized spacial score (nSPS) is 11.0. The van der Waals surface area contributed by atoms with Crippen LogP contribution in [0.2, 0.25) is 0 Å². The van der Waals surface area contributed by atoms with E-state index >= 15 is 0 Å².